The molecule has 4 nitrogen and oxygen atoms in total. The van der Waals surface area contributed by atoms with E-state index in [1.807, 2.05) is 25.1 Å². The van der Waals surface area contributed by atoms with E-state index >= 15 is 0 Å². The summed E-state index contributed by atoms with van der Waals surface area (Å²) in [4.78, 5) is 2.31. The molecule has 3 rings (SSSR count). The second-order valence-electron chi connectivity index (χ2n) is 5.67. The Kier molecular flexibility index (Phi) is 4.17. The van der Waals surface area contributed by atoms with Gasteiger partial charge in [-0.1, -0.05) is 11.6 Å². The summed E-state index contributed by atoms with van der Waals surface area (Å²) in [5.41, 5.74) is 1.18. The van der Waals surface area contributed by atoms with Crippen molar-refractivity contribution in [2.24, 2.45) is 0 Å². The van der Waals surface area contributed by atoms with Crippen LogP contribution in [0.2, 0.25) is 5.02 Å². The standard InChI is InChI=1S/C15H20ClNO3/c1-10-6-17(8-14(9-18)19-10)7-13-5-11-4-12(16)2-3-15(11)20-13/h2-4,10,13-14,18H,5-9H2,1H3. The zero-order valence-electron chi connectivity index (χ0n) is 11.6. The van der Waals surface area contributed by atoms with Crippen molar-refractivity contribution in [1.82, 2.24) is 4.90 Å². The minimum Gasteiger partial charge on any atom is -0.488 e. The fraction of sp³-hybridized carbons (Fsp3) is 0.600. The lowest BCUT2D eigenvalue weighted by molar-refractivity contribution is -0.0995. The third kappa shape index (κ3) is 3.09. The average Bonchev–Trinajstić information content (AvgIpc) is 2.79. The van der Waals surface area contributed by atoms with Crippen LogP contribution in [0.5, 0.6) is 5.75 Å². The summed E-state index contributed by atoms with van der Waals surface area (Å²) in [5.74, 6) is 0.944. The van der Waals surface area contributed by atoms with E-state index in [9.17, 15) is 5.11 Å². The average molecular weight is 298 g/mol. The van der Waals surface area contributed by atoms with Crippen molar-refractivity contribution in [3.63, 3.8) is 0 Å². The molecule has 0 spiro atoms. The maximum absolute atomic E-state index is 9.26. The molecule has 0 aliphatic carbocycles. The number of rotatable bonds is 3. The Morgan fingerprint density at radius 2 is 2.20 bits per heavy atom. The molecule has 1 aromatic rings. The Morgan fingerprint density at radius 1 is 1.35 bits per heavy atom. The van der Waals surface area contributed by atoms with Crippen molar-refractivity contribution in [2.75, 3.05) is 26.2 Å². The van der Waals surface area contributed by atoms with Crippen LogP contribution >= 0.6 is 11.6 Å². The molecule has 2 aliphatic rings. The molecule has 0 aromatic heterocycles. The smallest absolute Gasteiger partial charge is 0.123 e. The Morgan fingerprint density at radius 3 is 3.00 bits per heavy atom. The fourth-order valence-electron chi connectivity index (χ4n) is 3.07. The normalized spacial score (nSPS) is 30.1. The highest BCUT2D eigenvalue weighted by Crippen LogP contribution is 2.31. The van der Waals surface area contributed by atoms with Crippen molar-refractivity contribution in [3.8, 4) is 5.75 Å². The van der Waals surface area contributed by atoms with Gasteiger partial charge in [0.15, 0.2) is 0 Å². The minimum atomic E-state index is -0.0861. The third-order valence-electron chi connectivity index (χ3n) is 3.83. The minimum absolute atomic E-state index is 0.0716. The van der Waals surface area contributed by atoms with Crippen LogP contribution in [0.4, 0.5) is 0 Å². The van der Waals surface area contributed by atoms with E-state index in [0.717, 1.165) is 36.8 Å². The van der Waals surface area contributed by atoms with Crippen LogP contribution in [-0.2, 0) is 11.2 Å². The van der Waals surface area contributed by atoms with Gasteiger partial charge in [0.05, 0.1) is 18.8 Å². The molecule has 1 aromatic carbocycles. The summed E-state index contributed by atoms with van der Waals surface area (Å²) >= 11 is 6.01. The van der Waals surface area contributed by atoms with Gasteiger partial charge in [-0.2, -0.15) is 0 Å². The Labute approximate surface area is 124 Å². The van der Waals surface area contributed by atoms with Crippen LogP contribution in [-0.4, -0.2) is 54.6 Å². The van der Waals surface area contributed by atoms with Crippen molar-refractivity contribution in [3.05, 3.63) is 28.8 Å². The number of benzene rings is 1. The first kappa shape index (κ1) is 14.1. The number of halogens is 1. The molecule has 2 aliphatic heterocycles. The SMILES string of the molecule is CC1CN(CC2Cc3cc(Cl)ccc3O2)CC(CO)O1. The zero-order valence-corrected chi connectivity index (χ0v) is 12.3. The Hall–Kier alpha value is -0.810. The first-order valence-electron chi connectivity index (χ1n) is 7.08. The number of aliphatic hydroxyl groups is 1. The molecule has 0 saturated carbocycles. The maximum atomic E-state index is 9.26. The van der Waals surface area contributed by atoms with Crippen LogP contribution < -0.4 is 4.74 Å². The zero-order chi connectivity index (χ0) is 14.1. The highest BCUT2D eigenvalue weighted by atomic mass is 35.5. The summed E-state index contributed by atoms with van der Waals surface area (Å²) in [6.07, 6.45) is 1.12. The highest BCUT2D eigenvalue weighted by molar-refractivity contribution is 6.30. The molecule has 3 unspecified atom stereocenters. The second-order valence-corrected chi connectivity index (χ2v) is 6.10. The predicted octanol–water partition coefficient (Wildman–Crippen LogP) is 1.73. The van der Waals surface area contributed by atoms with Gasteiger partial charge in [-0.3, -0.25) is 4.90 Å². The van der Waals surface area contributed by atoms with Gasteiger partial charge in [0.25, 0.3) is 0 Å². The molecule has 3 atom stereocenters. The second kappa shape index (κ2) is 5.90. The van der Waals surface area contributed by atoms with E-state index in [0.29, 0.717) is 0 Å². The van der Waals surface area contributed by atoms with Gasteiger partial charge in [-0.15, -0.1) is 0 Å². The predicted molar refractivity (Wildman–Crippen MR) is 77.4 cm³/mol. The van der Waals surface area contributed by atoms with Crippen LogP contribution in [0.15, 0.2) is 18.2 Å². The number of nitrogens with zero attached hydrogens (tertiary/aromatic N) is 1. The monoisotopic (exact) mass is 297 g/mol. The van der Waals surface area contributed by atoms with Gasteiger partial charge in [-0.25, -0.2) is 0 Å². The first-order valence-corrected chi connectivity index (χ1v) is 7.45. The summed E-state index contributed by atoms with van der Waals surface area (Å²) in [7, 11) is 0. The largest absolute Gasteiger partial charge is 0.488 e. The Balaban J connectivity index is 1.60. The quantitative estimate of drug-likeness (QED) is 0.922. The molecule has 1 N–H and O–H groups in total. The lowest BCUT2D eigenvalue weighted by Gasteiger charge is -2.37. The van der Waals surface area contributed by atoms with Gasteiger partial charge in [0, 0.05) is 31.1 Å². The van der Waals surface area contributed by atoms with Crippen LogP contribution in [0.3, 0.4) is 0 Å². The van der Waals surface area contributed by atoms with E-state index in [4.69, 9.17) is 21.1 Å². The van der Waals surface area contributed by atoms with Crippen molar-refractivity contribution in [2.45, 2.75) is 31.7 Å². The van der Waals surface area contributed by atoms with E-state index in [1.54, 1.807) is 0 Å². The molecule has 2 heterocycles. The third-order valence-corrected chi connectivity index (χ3v) is 4.07. The molecular weight excluding hydrogens is 278 g/mol. The Bertz CT molecular complexity index is 482. The van der Waals surface area contributed by atoms with E-state index < -0.39 is 0 Å². The van der Waals surface area contributed by atoms with Gasteiger partial charge >= 0.3 is 0 Å². The molecule has 110 valence electrons. The molecular formula is C15H20ClNO3. The number of fused-ring (bicyclic) bond motifs is 1. The van der Waals surface area contributed by atoms with Gasteiger partial charge in [-0.05, 0) is 30.7 Å². The molecule has 0 radical (unpaired) electrons. The molecule has 20 heavy (non-hydrogen) atoms. The van der Waals surface area contributed by atoms with E-state index in [-0.39, 0.29) is 24.9 Å². The number of hydrogen-bond acceptors (Lipinski definition) is 4. The van der Waals surface area contributed by atoms with E-state index in [2.05, 4.69) is 4.90 Å². The van der Waals surface area contributed by atoms with Crippen molar-refractivity contribution >= 4 is 11.6 Å². The number of hydrogen-bond donors (Lipinski definition) is 1. The lowest BCUT2D eigenvalue weighted by Crippen LogP contribution is -2.50. The lowest BCUT2D eigenvalue weighted by atomic mass is 10.1. The molecule has 1 saturated heterocycles. The first-order chi connectivity index (χ1) is 9.64. The fourth-order valence-corrected chi connectivity index (χ4v) is 3.26. The molecule has 0 amide bonds. The highest BCUT2D eigenvalue weighted by Gasteiger charge is 2.30. The number of ether oxygens (including phenoxy) is 2. The summed E-state index contributed by atoms with van der Waals surface area (Å²) < 4.78 is 11.6. The van der Waals surface area contributed by atoms with Crippen molar-refractivity contribution < 1.29 is 14.6 Å². The van der Waals surface area contributed by atoms with Crippen LogP contribution in [0.25, 0.3) is 0 Å². The van der Waals surface area contributed by atoms with Crippen LogP contribution in [0, 0.1) is 0 Å². The van der Waals surface area contributed by atoms with Gasteiger partial charge in [0.1, 0.15) is 11.9 Å². The van der Waals surface area contributed by atoms with Crippen molar-refractivity contribution in [1.29, 1.82) is 0 Å². The molecule has 5 heteroatoms. The van der Waals surface area contributed by atoms with Gasteiger partial charge < -0.3 is 14.6 Å². The summed E-state index contributed by atoms with van der Waals surface area (Å²) in [5, 5.41) is 10.0. The number of aliphatic hydroxyl groups excluding tert-OH is 1. The van der Waals surface area contributed by atoms with Gasteiger partial charge in [0.2, 0.25) is 0 Å². The molecule has 0 bridgehead atoms. The molecule has 1 fully saturated rings. The topological polar surface area (TPSA) is 41.9 Å². The summed E-state index contributed by atoms with van der Waals surface area (Å²) in [6, 6.07) is 5.78. The van der Waals surface area contributed by atoms with Crippen LogP contribution in [0.1, 0.15) is 12.5 Å². The maximum Gasteiger partial charge on any atom is 0.123 e. The summed E-state index contributed by atoms with van der Waals surface area (Å²) in [6.45, 7) is 4.61. The van der Waals surface area contributed by atoms with E-state index in [1.165, 1.54) is 5.56 Å². The number of morpholine rings is 1.